The molecule has 2 aromatic heterocycles. The van der Waals surface area contributed by atoms with Crippen LogP contribution in [-0.4, -0.2) is 44.3 Å². The van der Waals surface area contributed by atoms with Crippen molar-refractivity contribution < 1.29 is 9.13 Å². The minimum absolute atomic E-state index is 0.0956. The molecule has 0 amide bonds. The fourth-order valence-electron chi connectivity index (χ4n) is 3.35. The van der Waals surface area contributed by atoms with Crippen molar-refractivity contribution in [1.82, 2.24) is 24.1 Å². The van der Waals surface area contributed by atoms with Crippen LogP contribution in [0.2, 0.25) is 0 Å². The molecule has 4 rings (SSSR count). The molecule has 2 heterocycles. The minimum atomic E-state index is -0.374. The van der Waals surface area contributed by atoms with E-state index >= 15 is 0 Å². The highest BCUT2D eigenvalue weighted by Crippen LogP contribution is 2.17. The van der Waals surface area contributed by atoms with Gasteiger partial charge in [0.15, 0.2) is 17.4 Å². The van der Waals surface area contributed by atoms with E-state index in [1.807, 2.05) is 41.5 Å². The highest BCUT2D eigenvalue weighted by Gasteiger charge is 2.16. The Balaban J connectivity index is 1.57. The van der Waals surface area contributed by atoms with E-state index in [0.29, 0.717) is 30.9 Å². The minimum Gasteiger partial charge on any atom is -0.489 e. The summed E-state index contributed by atoms with van der Waals surface area (Å²) in [5, 5.41) is 9.14. The number of aryl methyl sites for hydroxylation is 2. The third-order valence-electron chi connectivity index (χ3n) is 4.92. The Morgan fingerprint density at radius 1 is 1.17 bits per heavy atom. The summed E-state index contributed by atoms with van der Waals surface area (Å²) in [6.45, 7) is 3.38. The van der Waals surface area contributed by atoms with E-state index in [0.717, 1.165) is 16.9 Å². The number of benzene rings is 2. The molecule has 0 saturated heterocycles. The first-order valence-electron chi connectivity index (χ1n) is 9.35. The molecular formula is C21H22FN5O2. The average molecular weight is 395 g/mol. The van der Waals surface area contributed by atoms with Gasteiger partial charge >= 0.3 is 0 Å². The Morgan fingerprint density at radius 3 is 2.76 bits per heavy atom. The van der Waals surface area contributed by atoms with E-state index in [-0.39, 0.29) is 17.1 Å². The monoisotopic (exact) mass is 395 g/mol. The summed E-state index contributed by atoms with van der Waals surface area (Å²) >= 11 is 0. The van der Waals surface area contributed by atoms with Gasteiger partial charge in [0.2, 0.25) is 5.78 Å². The number of para-hydroxylation sites is 1. The molecule has 29 heavy (non-hydrogen) atoms. The molecular weight excluding hydrogens is 373 g/mol. The molecule has 7 nitrogen and oxygen atoms in total. The van der Waals surface area contributed by atoms with Gasteiger partial charge in [-0.1, -0.05) is 23.8 Å². The van der Waals surface area contributed by atoms with Crippen molar-refractivity contribution in [3.8, 4) is 5.75 Å². The van der Waals surface area contributed by atoms with Gasteiger partial charge in [-0.05, 0) is 38.2 Å². The van der Waals surface area contributed by atoms with Crippen LogP contribution in [0.25, 0.3) is 16.7 Å². The molecule has 150 valence electrons. The van der Waals surface area contributed by atoms with Gasteiger partial charge in [0.25, 0.3) is 5.56 Å². The molecule has 0 aliphatic carbocycles. The second-order valence-corrected chi connectivity index (χ2v) is 7.15. The highest BCUT2D eigenvalue weighted by molar-refractivity contribution is 5.81. The lowest BCUT2D eigenvalue weighted by molar-refractivity contribution is 0.223. The van der Waals surface area contributed by atoms with Crippen LogP contribution in [0.1, 0.15) is 11.4 Å². The van der Waals surface area contributed by atoms with E-state index in [2.05, 4.69) is 10.2 Å². The summed E-state index contributed by atoms with van der Waals surface area (Å²) in [7, 11) is 3.63. The first-order valence-corrected chi connectivity index (χ1v) is 9.35. The summed E-state index contributed by atoms with van der Waals surface area (Å²) in [6.07, 6.45) is 0. The molecule has 0 saturated carbocycles. The van der Waals surface area contributed by atoms with E-state index in [9.17, 15) is 9.18 Å². The molecule has 0 N–H and O–H groups in total. The standard InChI is InChI=1S/C21H22FN5O2/c1-14-8-9-17-15(12-14)20(28)26(3)21-24-23-19(27(17)21)13-25(2)10-11-29-18-7-5-4-6-16(18)22/h4-9,12H,10-11,13H2,1-3H3. The topological polar surface area (TPSA) is 64.7 Å². The van der Waals surface area contributed by atoms with Crippen molar-refractivity contribution in [2.45, 2.75) is 13.5 Å². The van der Waals surface area contributed by atoms with Crippen molar-refractivity contribution >= 4 is 16.7 Å². The van der Waals surface area contributed by atoms with Gasteiger partial charge in [-0.25, -0.2) is 4.39 Å². The number of hydrogen-bond donors (Lipinski definition) is 0. The lowest BCUT2D eigenvalue weighted by Gasteiger charge is -2.17. The second kappa shape index (κ2) is 7.63. The molecule has 0 spiro atoms. The lowest BCUT2D eigenvalue weighted by Crippen LogP contribution is -2.26. The molecule has 0 unspecified atom stereocenters. The zero-order chi connectivity index (χ0) is 20.5. The number of fused-ring (bicyclic) bond motifs is 3. The van der Waals surface area contributed by atoms with Crippen molar-refractivity contribution in [3.63, 3.8) is 0 Å². The van der Waals surface area contributed by atoms with Crippen LogP contribution in [0, 0.1) is 12.7 Å². The molecule has 0 aliphatic rings. The number of likely N-dealkylation sites (N-methyl/N-ethyl adjacent to an activating group) is 1. The van der Waals surface area contributed by atoms with E-state index < -0.39 is 0 Å². The summed E-state index contributed by atoms with van der Waals surface area (Å²) in [6, 6.07) is 12.1. The number of ether oxygens (including phenoxy) is 1. The van der Waals surface area contributed by atoms with Gasteiger partial charge in [0, 0.05) is 13.6 Å². The average Bonchev–Trinajstić information content (AvgIpc) is 3.11. The van der Waals surface area contributed by atoms with Gasteiger partial charge < -0.3 is 4.74 Å². The van der Waals surface area contributed by atoms with Crippen LogP contribution in [0.5, 0.6) is 5.75 Å². The van der Waals surface area contributed by atoms with E-state index in [1.165, 1.54) is 10.6 Å². The maximum Gasteiger partial charge on any atom is 0.262 e. The smallest absolute Gasteiger partial charge is 0.262 e. The number of hydrogen-bond acceptors (Lipinski definition) is 5. The molecule has 0 radical (unpaired) electrons. The van der Waals surface area contributed by atoms with Gasteiger partial charge in [0.05, 0.1) is 17.4 Å². The zero-order valence-electron chi connectivity index (χ0n) is 16.6. The maximum absolute atomic E-state index is 13.7. The lowest BCUT2D eigenvalue weighted by atomic mass is 10.1. The zero-order valence-corrected chi connectivity index (χ0v) is 16.6. The molecule has 0 aliphatic heterocycles. The first kappa shape index (κ1) is 19.1. The van der Waals surface area contributed by atoms with Crippen LogP contribution in [0.3, 0.4) is 0 Å². The van der Waals surface area contributed by atoms with Crippen molar-refractivity contribution in [2.75, 3.05) is 20.2 Å². The van der Waals surface area contributed by atoms with Crippen molar-refractivity contribution in [3.05, 3.63) is 70.0 Å². The number of rotatable bonds is 6. The first-order chi connectivity index (χ1) is 14.0. The fraction of sp³-hybridized carbons (Fsp3) is 0.286. The molecule has 4 aromatic rings. The predicted molar refractivity (Wildman–Crippen MR) is 109 cm³/mol. The van der Waals surface area contributed by atoms with E-state index in [4.69, 9.17) is 4.74 Å². The van der Waals surface area contributed by atoms with Crippen molar-refractivity contribution in [1.29, 1.82) is 0 Å². The Hall–Kier alpha value is -3.26. The predicted octanol–water partition coefficient (Wildman–Crippen LogP) is 2.54. The van der Waals surface area contributed by atoms with Crippen LogP contribution in [-0.2, 0) is 13.6 Å². The molecule has 0 bridgehead atoms. The third-order valence-corrected chi connectivity index (χ3v) is 4.92. The molecule has 0 atom stereocenters. The SMILES string of the molecule is Cc1ccc2c(c1)c(=O)n(C)c1nnc(CN(C)CCOc3ccccc3F)n21. The highest BCUT2D eigenvalue weighted by atomic mass is 19.1. The number of aromatic nitrogens is 4. The molecule has 2 aromatic carbocycles. The number of nitrogens with zero attached hydrogens (tertiary/aromatic N) is 5. The van der Waals surface area contributed by atoms with Crippen molar-refractivity contribution in [2.24, 2.45) is 7.05 Å². The number of halogens is 1. The summed E-state index contributed by atoms with van der Waals surface area (Å²) in [5.74, 6) is 1.08. The summed E-state index contributed by atoms with van der Waals surface area (Å²) in [4.78, 5) is 14.7. The second-order valence-electron chi connectivity index (χ2n) is 7.15. The van der Waals surface area contributed by atoms with Gasteiger partial charge in [-0.15, -0.1) is 10.2 Å². The third kappa shape index (κ3) is 3.58. The largest absolute Gasteiger partial charge is 0.489 e. The Kier molecular flexibility index (Phi) is 5.02. The van der Waals surface area contributed by atoms with E-state index in [1.54, 1.807) is 25.2 Å². The fourth-order valence-corrected chi connectivity index (χ4v) is 3.35. The maximum atomic E-state index is 13.7. The van der Waals surface area contributed by atoms with Crippen LogP contribution >= 0.6 is 0 Å². The van der Waals surface area contributed by atoms with Crippen LogP contribution in [0.15, 0.2) is 47.3 Å². The molecule has 0 fully saturated rings. The Morgan fingerprint density at radius 2 is 1.97 bits per heavy atom. The van der Waals surface area contributed by atoms with Gasteiger partial charge in [-0.3, -0.25) is 18.7 Å². The summed E-state index contributed by atoms with van der Waals surface area (Å²) < 4.78 is 22.6. The van der Waals surface area contributed by atoms with Crippen LogP contribution in [0.4, 0.5) is 4.39 Å². The van der Waals surface area contributed by atoms with Crippen LogP contribution < -0.4 is 10.3 Å². The Labute approximate surface area is 167 Å². The van der Waals surface area contributed by atoms with Gasteiger partial charge in [-0.2, -0.15) is 0 Å². The molecule has 8 heteroatoms. The normalized spacial score (nSPS) is 11.6. The Bertz CT molecular complexity index is 1250. The summed E-state index contributed by atoms with van der Waals surface area (Å²) in [5.41, 5.74) is 1.71. The quantitative estimate of drug-likeness (QED) is 0.502. The van der Waals surface area contributed by atoms with Gasteiger partial charge in [0.1, 0.15) is 6.61 Å².